The molecule has 0 unspecified atom stereocenters. The van der Waals surface area contributed by atoms with Gasteiger partial charge in [0.25, 0.3) is 5.91 Å². The van der Waals surface area contributed by atoms with Crippen LogP contribution in [-0.2, 0) is 4.79 Å². The van der Waals surface area contributed by atoms with Crippen LogP contribution in [0.25, 0.3) is 0 Å². The van der Waals surface area contributed by atoms with Crippen molar-refractivity contribution >= 4 is 52.1 Å². The van der Waals surface area contributed by atoms with Crippen molar-refractivity contribution in [2.75, 3.05) is 36.4 Å². The molecule has 1 saturated heterocycles. The van der Waals surface area contributed by atoms with E-state index in [-0.39, 0.29) is 37.2 Å². The number of carbonyl (C=O) groups is 2. The quantitative estimate of drug-likeness (QED) is 0.576. The molecule has 11 heteroatoms. The van der Waals surface area contributed by atoms with Crippen LogP contribution in [0.15, 0.2) is 42.5 Å². The minimum atomic E-state index is -4.88. The average Bonchev–Trinajstić information content (AvgIpc) is 2.78. The number of anilines is 2. The summed E-state index contributed by atoms with van der Waals surface area (Å²) >= 11 is 11.6. The summed E-state index contributed by atoms with van der Waals surface area (Å²) in [6.45, 7) is 4.47. The van der Waals surface area contributed by atoms with Crippen molar-refractivity contribution in [1.82, 2.24) is 10.2 Å². The second kappa shape index (κ2) is 10.6. The van der Waals surface area contributed by atoms with E-state index < -0.39 is 12.1 Å². The predicted octanol–water partition coefficient (Wildman–Crippen LogP) is 4.80. The van der Waals surface area contributed by atoms with Gasteiger partial charge in [0.15, 0.2) is 5.11 Å². The van der Waals surface area contributed by atoms with Crippen LogP contribution in [0.2, 0.25) is 5.02 Å². The minimum absolute atomic E-state index is 0.0526. The summed E-state index contributed by atoms with van der Waals surface area (Å²) in [5, 5.41) is 5.98. The van der Waals surface area contributed by atoms with Crippen LogP contribution in [0.1, 0.15) is 35.7 Å². The third kappa shape index (κ3) is 6.38. The first-order chi connectivity index (χ1) is 16.0. The highest BCUT2D eigenvalue weighted by atomic mass is 35.5. The zero-order chi connectivity index (χ0) is 25.0. The number of carbonyl (C=O) groups excluding carboxylic acids is 2. The monoisotopic (exact) mass is 512 g/mol. The van der Waals surface area contributed by atoms with Crippen LogP contribution < -0.4 is 15.5 Å². The Kier molecular flexibility index (Phi) is 8.04. The van der Waals surface area contributed by atoms with E-state index in [1.165, 1.54) is 0 Å². The number of alkyl halides is 3. The number of halogens is 4. The Labute approximate surface area is 206 Å². The zero-order valence-electron chi connectivity index (χ0n) is 18.6. The van der Waals surface area contributed by atoms with Gasteiger partial charge in [0, 0.05) is 37.4 Å². The van der Waals surface area contributed by atoms with Gasteiger partial charge in [-0.05, 0) is 54.0 Å². The molecule has 1 heterocycles. The normalized spacial score (nSPS) is 14.2. The molecule has 2 N–H and O–H groups in total. The van der Waals surface area contributed by atoms with Crippen molar-refractivity contribution in [2.24, 2.45) is 0 Å². The van der Waals surface area contributed by atoms with Gasteiger partial charge in [-0.3, -0.25) is 14.9 Å². The molecular weight excluding hydrogens is 489 g/mol. The van der Waals surface area contributed by atoms with Crippen molar-refractivity contribution in [1.29, 1.82) is 0 Å². The standard InChI is InChI=1S/C23H24ClF3N4O2S/c1-14(2)15-3-5-16(6-4-15)20(32)29-22(34)28-17-7-8-19(18(24)13-17)30-9-11-31(12-10-30)21(33)23(25,26)27/h3-8,13-14H,9-12H2,1-2H3,(H2,28,29,32,34). The second-order valence-electron chi connectivity index (χ2n) is 8.13. The van der Waals surface area contributed by atoms with Crippen molar-refractivity contribution in [2.45, 2.75) is 25.9 Å². The maximum Gasteiger partial charge on any atom is 0.471 e. The fraction of sp³-hybridized carbons (Fsp3) is 0.348. The first kappa shape index (κ1) is 25.8. The molecule has 0 aromatic heterocycles. The van der Waals surface area contributed by atoms with Crippen LogP contribution in [0.5, 0.6) is 0 Å². The van der Waals surface area contributed by atoms with Gasteiger partial charge in [0.05, 0.1) is 10.7 Å². The number of amides is 2. The van der Waals surface area contributed by atoms with Crippen LogP contribution in [0.4, 0.5) is 24.5 Å². The van der Waals surface area contributed by atoms with Crippen LogP contribution >= 0.6 is 23.8 Å². The molecule has 0 atom stereocenters. The van der Waals surface area contributed by atoms with Gasteiger partial charge in [0.1, 0.15) is 0 Å². The molecule has 2 aromatic rings. The van der Waals surface area contributed by atoms with Crippen molar-refractivity contribution in [3.8, 4) is 0 Å². The lowest BCUT2D eigenvalue weighted by atomic mass is 10.0. The maximum absolute atomic E-state index is 12.6. The molecule has 2 aromatic carbocycles. The Balaban J connectivity index is 1.56. The van der Waals surface area contributed by atoms with Gasteiger partial charge < -0.3 is 15.1 Å². The summed E-state index contributed by atoms with van der Waals surface area (Å²) < 4.78 is 37.9. The second-order valence-corrected chi connectivity index (χ2v) is 8.94. The van der Waals surface area contributed by atoms with E-state index in [4.69, 9.17) is 23.8 Å². The molecule has 0 radical (unpaired) electrons. The van der Waals surface area contributed by atoms with E-state index >= 15 is 0 Å². The van der Waals surface area contributed by atoms with Gasteiger partial charge in [-0.2, -0.15) is 13.2 Å². The SMILES string of the molecule is CC(C)c1ccc(C(=O)NC(=S)Nc2ccc(N3CCN(C(=O)C(F)(F)F)CC3)c(Cl)c2)cc1. The van der Waals surface area contributed by atoms with Gasteiger partial charge in [-0.25, -0.2) is 0 Å². The summed E-state index contributed by atoms with van der Waals surface area (Å²) in [5.74, 6) is -1.81. The largest absolute Gasteiger partial charge is 0.471 e. The topological polar surface area (TPSA) is 64.7 Å². The molecule has 0 aliphatic carbocycles. The molecule has 182 valence electrons. The highest BCUT2D eigenvalue weighted by Crippen LogP contribution is 2.30. The molecule has 34 heavy (non-hydrogen) atoms. The minimum Gasteiger partial charge on any atom is -0.367 e. The number of hydrogen-bond acceptors (Lipinski definition) is 4. The number of rotatable bonds is 4. The van der Waals surface area contributed by atoms with Gasteiger partial charge >= 0.3 is 12.1 Å². The molecule has 1 fully saturated rings. The summed E-state index contributed by atoms with van der Waals surface area (Å²) in [6, 6.07) is 12.3. The molecular formula is C23H24ClF3N4O2S. The van der Waals surface area contributed by atoms with Gasteiger partial charge in [-0.15, -0.1) is 0 Å². The fourth-order valence-corrected chi connectivity index (χ4v) is 4.04. The number of benzene rings is 2. The van der Waals surface area contributed by atoms with E-state index in [0.29, 0.717) is 27.9 Å². The third-order valence-electron chi connectivity index (χ3n) is 5.42. The highest BCUT2D eigenvalue weighted by molar-refractivity contribution is 7.80. The first-order valence-corrected chi connectivity index (χ1v) is 11.4. The number of hydrogen-bond donors (Lipinski definition) is 2. The van der Waals surface area contributed by atoms with Gasteiger partial charge in [0.2, 0.25) is 0 Å². The molecule has 0 saturated carbocycles. The Hall–Kier alpha value is -2.85. The van der Waals surface area contributed by atoms with E-state index in [2.05, 4.69) is 24.5 Å². The summed E-state index contributed by atoms with van der Waals surface area (Å²) in [5.41, 5.74) is 2.78. The number of nitrogens with zero attached hydrogens (tertiary/aromatic N) is 2. The highest BCUT2D eigenvalue weighted by Gasteiger charge is 2.43. The smallest absolute Gasteiger partial charge is 0.367 e. The molecule has 1 aliphatic heterocycles. The lowest BCUT2D eigenvalue weighted by molar-refractivity contribution is -0.185. The molecule has 1 aliphatic rings. The number of nitrogens with one attached hydrogen (secondary N) is 2. The molecule has 3 rings (SSSR count). The van der Waals surface area contributed by atoms with Crippen molar-refractivity contribution in [3.63, 3.8) is 0 Å². The Morgan fingerprint density at radius 2 is 1.65 bits per heavy atom. The first-order valence-electron chi connectivity index (χ1n) is 10.6. The maximum atomic E-state index is 12.6. The van der Waals surface area contributed by atoms with E-state index in [1.54, 1.807) is 30.3 Å². The summed E-state index contributed by atoms with van der Waals surface area (Å²) in [6.07, 6.45) is -4.88. The number of thiocarbonyl (C=S) groups is 1. The molecule has 6 nitrogen and oxygen atoms in total. The third-order valence-corrected chi connectivity index (χ3v) is 5.93. The van der Waals surface area contributed by atoms with Crippen LogP contribution in [0.3, 0.4) is 0 Å². The van der Waals surface area contributed by atoms with Crippen molar-refractivity contribution in [3.05, 3.63) is 58.6 Å². The fourth-order valence-electron chi connectivity index (χ4n) is 3.53. The molecule has 0 bridgehead atoms. The lowest BCUT2D eigenvalue weighted by Crippen LogP contribution is -2.52. The number of piperazine rings is 1. The predicted molar refractivity (Wildman–Crippen MR) is 131 cm³/mol. The van der Waals surface area contributed by atoms with Crippen molar-refractivity contribution < 1.29 is 22.8 Å². The van der Waals surface area contributed by atoms with E-state index in [0.717, 1.165) is 10.5 Å². The Morgan fingerprint density at radius 1 is 1.03 bits per heavy atom. The zero-order valence-corrected chi connectivity index (χ0v) is 20.2. The Morgan fingerprint density at radius 3 is 2.18 bits per heavy atom. The lowest BCUT2D eigenvalue weighted by Gasteiger charge is -2.36. The molecule has 2 amide bonds. The van der Waals surface area contributed by atoms with Crippen LogP contribution in [-0.4, -0.2) is 54.2 Å². The molecule has 0 spiro atoms. The summed E-state index contributed by atoms with van der Waals surface area (Å²) in [4.78, 5) is 26.4. The van der Waals surface area contributed by atoms with E-state index in [1.807, 2.05) is 17.0 Å². The summed E-state index contributed by atoms with van der Waals surface area (Å²) in [7, 11) is 0. The van der Waals surface area contributed by atoms with Gasteiger partial charge in [-0.1, -0.05) is 37.6 Å². The van der Waals surface area contributed by atoms with E-state index in [9.17, 15) is 22.8 Å². The van der Waals surface area contributed by atoms with Crippen LogP contribution in [0, 0.1) is 0 Å². The Bertz CT molecular complexity index is 1070. The average molecular weight is 513 g/mol.